The van der Waals surface area contributed by atoms with Gasteiger partial charge < -0.3 is 10.4 Å². The van der Waals surface area contributed by atoms with E-state index in [1.165, 1.54) is 0 Å². The second-order valence-corrected chi connectivity index (χ2v) is 6.93. The molecule has 1 amide bonds. The number of amides is 1. The van der Waals surface area contributed by atoms with Crippen LogP contribution in [0.15, 0.2) is 48.5 Å². The Bertz CT molecular complexity index is 750. The van der Waals surface area contributed by atoms with Crippen molar-refractivity contribution in [1.29, 1.82) is 0 Å². The van der Waals surface area contributed by atoms with Crippen molar-refractivity contribution in [2.45, 2.75) is 32.0 Å². The van der Waals surface area contributed by atoms with E-state index >= 15 is 0 Å². The zero-order chi connectivity index (χ0) is 17.8. The highest BCUT2D eigenvalue weighted by Gasteiger charge is 2.22. The number of benzene rings is 2. The van der Waals surface area contributed by atoms with Crippen LogP contribution in [0, 0.1) is 0 Å². The first kappa shape index (κ1) is 17.9. The minimum atomic E-state index is -0.466. The van der Waals surface area contributed by atoms with Gasteiger partial charge in [-0.1, -0.05) is 54.1 Å². The van der Waals surface area contributed by atoms with E-state index in [1.54, 1.807) is 0 Å². The van der Waals surface area contributed by atoms with Crippen LogP contribution in [0.4, 0.5) is 0 Å². The minimum absolute atomic E-state index is 0.0405. The second-order valence-electron chi connectivity index (χ2n) is 6.52. The van der Waals surface area contributed by atoms with Gasteiger partial charge in [0.1, 0.15) is 0 Å². The number of hydrogen-bond acceptors (Lipinski definition) is 3. The number of nitrogens with zero attached hydrogens (tertiary/aromatic N) is 1. The highest BCUT2D eigenvalue weighted by molar-refractivity contribution is 6.31. The summed E-state index contributed by atoms with van der Waals surface area (Å²) in [6, 6.07) is 15.3. The molecule has 0 bridgehead atoms. The molecule has 2 aromatic carbocycles. The Morgan fingerprint density at radius 1 is 1.28 bits per heavy atom. The smallest absolute Gasteiger partial charge is 0.234 e. The molecule has 1 aliphatic heterocycles. The molecular weight excluding hydrogens is 336 g/mol. The number of fused-ring (bicyclic) bond motifs is 1. The average Bonchev–Trinajstić information content (AvgIpc) is 2.74. The fraction of sp³-hybridized carbons (Fsp3) is 0.350. The van der Waals surface area contributed by atoms with Crippen molar-refractivity contribution in [3.05, 3.63) is 70.2 Å². The molecule has 0 spiro atoms. The van der Waals surface area contributed by atoms with Gasteiger partial charge in [-0.2, -0.15) is 0 Å². The number of hydrogen-bond donors (Lipinski definition) is 2. The van der Waals surface area contributed by atoms with Gasteiger partial charge >= 0.3 is 0 Å². The van der Waals surface area contributed by atoms with Gasteiger partial charge in [-0.05, 0) is 36.1 Å². The average molecular weight is 359 g/mol. The highest BCUT2D eigenvalue weighted by Crippen LogP contribution is 2.26. The van der Waals surface area contributed by atoms with Crippen molar-refractivity contribution < 1.29 is 9.90 Å². The normalized spacial score (nSPS) is 18.9. The first-order valence-electron chi connectivity index (χ1n) is 8.56. The molecule has 132 valence electrons. The van der Waals surface area contributed by atoms with Crippen LogP contribution in [0.1, 0.15) is 42.2 Å². The second kappa shape index (κ2) is 8.00. The summed E-state index contributed by atoms with van der Waals surface area (Å²) >= 11 is 6.20. The summed E-state index contributed by atoms with van der Waals surface area (Å²) in [6.07, 6.45) is 0.163. The maximum absolute atomic E-state index is 12.5. The van der Waals surface area contributed by atoms with E-state index in [2.05, 4.69) is 10.2 Å². The number of nitrogens with one attached hydrogen (secondary N) is 1. The molecule has 4 nitrogen and oxygen atoms in total. The summed E-state index contributed by atoms with van der Waals surface area (Å²) in [5.41, 5.74) is 2.96. The van der Waals surface area contributed by atoms with Crippen molar-refractivity contribution in [1.82, 2.24) is 10.2 Å². The third kappa shape index (κ3) is 4.40. The molecule has 5 heteroatoms. The molecule has 3 rings (SSSR count). The zero-order valence-electron chi connectivity index (χ0n) is 14.3. The van der Waals surface area contributed by atoms with Gasteiger partial charge in [0, 0.05) is 18.1 Å². The molecule has 0 fully saturated rings. The lowest BCUT2D eigenvalue weighted by Crippen LogP contribution is -2.38. The van der Waals surface area contributed by atoms with E-state index in [9.17, 15) is 9.90 Å². The van der Waals surface area contributed by atoms with E-state index in [1.807, 2.05) is 55.5 Å². The molecule has 0 radical (unpaired) electrons. The van der Waals surface area contributed by atoms with Crippen LogP contribution in [0.3, 0.4) is 0 Å². The first-order valence-corrected chi connectivity index (χ1v) is 8.94. The number of halogens is 1. The lowest BCUT2D eigenvalue weighted by molar-refractivity contribution is -0.123. The first-order chi connectivity index (χ1) is 12.0. The molecule has 2 aromatic rings. The third-order valence-electron chi connectivity index (χ3n) is 4.64. The zero-order valence-corrected chi connectivity index (χ0v) is 15.0. The van der Waals surface area contributed by atoms with Crippen LogP contribution in [0.2, 0.25) is 5.02 Å². The monoisotopic (exact) mass is 358 g/mol. The number of aliphatic hydroxyl groups is 1. The summed E-state index contributed by atoms with van der Waals surface area (Å²) in [4.78, 5) is 14.5. The fourth-order valence-corrected chi connectivity index (χ4v) is 3.61. The van der Waals surface area contributed by atoms with Crippen LogP contribution in [-0.4, -0.2) is 29.0 Å². The Labute approximate surface area is 153 Å². The van der Waals surface area contributed by atoms with E-state index < -0.39 is 6.10 Å². The summed E-state index contributed by atoms with van der Waals surface area (Å²) in [6.45, 7) is 3.58. The van der Waals surface area contributed by atoms with E-state index in [-0.39, 0.29) is 11.9 Å². The van der Waals surface area contributed by atoms with Crippen molar-refractivity contribution in [2.24, 2.45) is 0 Å². The lowest BCUT2D eigenvalue weighted by atomic mass is 10.0. The number of carbonyl (C=O) groups is 1. The molecule has 0 aromatic heterocycles. The maximum Gasteiger partial charge on any atom is 0.234 e. The van der Waals surface area contributed by atoms with Gasteiger partial charge in [-0.25, -0.2) is 0 Å². The van der Waals surface area contributed by atoms with E-state index in [0.717, 1.165) is 16.7 Å². The summed E-state index contributed by atoms with van der Waals surface area (Å²) in [5, 5.41) is 13.9. The van der Waals surface area contributed by atoms with E-state index in [0.29, 0.717) is 31.1 Å². The largest absolute Gasteiger partial charge is 0.388 e. The van der Waals surface area contributed by atoms with Gasteiger partial charge in [0.05, 0.1) is 18.7 Å². The number of carbonyl (C=O) groups excluding carboxylic acids is 1. The maximum atomic E-state index is 12.5. The SMILES string of the molecule is C[C@H](NC(=O)CN1CC[C@H](O)c2ccccc2C1)c1ccccc1Cl. The molecule has 0 saturated carbocycles. The minimum Gasteiger partial charge on any atom is -0.388 e. The molecule has 1 heterocycles. The van der Waals surface area contributed by atoms with Gasteiger partial charge in [0.15, 0.2) is 0 Å². The number of rotatable bonds is 4. The van der Waals surface area contributed by atoms with Gasteiger partial charge in [-0.3, -0.25) is 9.69 Å². The Morgan fingerprint density at radius 2 is 2.00 bits per heavy atom. The lowest BCUT2D eigenvalue weighted by Gasteiger charge is -2.22. The Balaban J connectivity index is 1.63. The molecule has 2 atom stereocenters. The van der Waals surface area contributed by atoms with Crippen molar-refractivity contribution >= 4 is 17.5 Å². The molecule has 0 aliphatic carbocycles. The summed E-state index contributed by atoms with van der Waals surface area (Å²) in [5.74, 6) is -0.0405. The van der Waals surface area contributed by atoms with Gasteiger partial charge in [-0.15, -0.1) is 0 Å². The van der Waals surface area contributed by atoms with Gasteiger partial charge in [0.25, 0.3) is 0 Å². The third-order valence-corrected chi connectivity index (χ3v) is 4.99. The van der Waals surface area contributed by atoms with Crippen LogP contribution < -0.4 is 5.32 Å². The van der Waals surface area contributed by atoms with E-state index in [4.69, 9.17) is 11.6 Å². The highest BCUT2D eigenvalue weighted by atomic mass is 35.5. The van der Waals surface area contributed by atoms with Crippen LogP contribution >= 0.6 is 11.6 Å². The Kier molecular flexibility index (Phi) is 5.74. The summed E-state index contributed by atoms with van der Waals surface area (Å²) in [7, 11) is 0. The van der Waals surface area contributed by atoms with Gasteiger partial charge in [0.2, 0.25) is 5.91 Å². The quantitative estimate of drug-likeness (QED) is 0.880. The fourth-order valence-electron chi connectivity index (χ4n) is 3.31. The predicted molar refractivity (Wildman–Crippen MR) is 99.3 cm³/mol. The van der Waals surface area contributed by atoms with Crippen LogP contribution in [0.25, 0.3) is 0 Å². The predicted octanol–water partition coefficient (Wildman–Crippen LogP) is 3.46. The van der Waals surface area contributed by atoms with Crippen molar-refractivity contribution in [3.8, 4) is 0 Å². The molecule has 0 saturated heterocycles. The molecule has 2 N–H and O–H groups in total. The van der Waals surface area contributed by atoms with Crippen molar-refractivity contribution in [3.63, 3.8) is 0 Å². The summed E-state index contributed by atoms with van der Waals surface area (Å²) < 4.78 is 0. The Morgan fingerprint density at radius 3 is 2.80 bits per heavy atom. The molecule has 1 aliphatic rings. The molecular formula is C20H23ClN2O2. The molecule has 0 unspecified atom stereocenters. The topological polar surface area (TPSA) is 52.6 Å². The van der Waals surface area contributed by atoms with Crippen molar-refractivity contribution in [2.75, 3.05) is 13.1 Å². The van der Waals surface area contributed by atoms with Crippen LogP contribution in [-0.2, 0) is 11.3 Å². The number of aliphatic hydroxyl groups excluding tert-OH is 1. The Hall–Kier alpha value is -1.88. The molecule has 25 heavy (non-hydrogen) atoms. The standard InChI is InChI=1S/C20H23ClN2O2/c1-14(16-7-4-5-9-18(16)21)22-20(25)13-23-11-10-19(24)17-8-3-2-6-15(17)12-23/h2-9,14,19,24H,10-13H2,1H3,(H,22,25)/t14-,19-/m0/s1. The van der Waals surface area contributed by atoms with Crippen LogP contribution in [0.5, 0.6) is 0 Å².